The fourth-order valence-electron chi connectivity index (χ4n) is 1.27. The number of pyridine rings is 2. The molecule has 0 radical (unpaired) electrons. The molecule has 92 valence electrons. The monoisotopic (exact) mass is 280 g/mol. The molecule has 0 saturated carbocycles. The molecule has 0 aliphatic carbocycles. The third kappa shape index (κ3) is 3.21. The normalized spacial score (nSPS) is 10.3. The van der Waals surface area contributed by atoms with Crippen LogP contribution in [0.1, 0.15) is 15.9 Å². The Morgan fingerprint density at radius 2 is 2.17 bits per heavy atom. The summed E-state index contributed by atoms with van der Waals surface area (Å²) >= 11 is 7.41. The van der Waals surface area contributed by atoms with Crippen molar-refractivity contribution in [1.29, 1.82) is 0 Å². The zero-order valence-corrected chi connectivity index (χ0v) is 10.8. The smallest absolute Gasteiger partial charge is 0.337 e. The van der Waals surface area contributed by atoms with E-state index in [2.05, 4.69) is 9.97 Å². The van der Waals surface area contributed by atoms with Gasteiger partial charge in [-0.15, -0.1) is 11.8 Å². The number of carbonyl (C=O) groups is 1. The van der Waals surface area contributed by atoms with Gasteiger partial charge in [0.1, 0.15) is 5.15 Å². The molecule has 0 aliphatic heterocycles. The first-order valence-electron chi connectivity index (χ1n) is 5.08. The highest BCUT2D eigenvalue weighted by Crippen LogP contribution is 2.24. The number of aromatic nitrogens is 2. The lowest BCUT2D eigenvalue weighted by Crippen LogP contribution is -1.96. The number of thioether (sulfide) groups is 1. The number of rotatable bonds is 4. The van der Waals surface area contributed by atoms with Gasteiger partial charge in [-0.05, 0) is 23.8 Å². The van der Waals surface area contributed by atoms with Crippen LogP contribution in [-0.4, -0.2) is 21.0 Å². The van der Waals surface area contributed by atoms with Crippen molar-refractivity contribution in [3.05, 3.63) is 52.9 Å². The summed E-state index contributed by atoms with van der Waals surface area (Å²) in [6.45, 7) is 0. The minimum absolute atomic E-state index is 0.179. The van der Waals surface area contributed by atoms with Crippen LogP contribution in [0.2, 0.25) is 5.15 Å². The van der Waals surface area contributed by atoms with E-state index in [0.29, 0.717) is 10.9 Å². The van der Waals surface area contributed by atoms with Gasteiger partial charge in [0.25, 0.3) is 0 Å². The average Bonchev–Trinajstić information content (AvgIpc) is 2.38. The van der Waals surface area contributed by atoms with Crippen LogP contribution in [0, 0.1) is 0 Å². The quantitative estimate of drug-likeness (QED) is 0.689. The van der Waals surface area contributed by atoms with Gasteiger partial charge in [-0.3, -0.25) is 0 Å². The predicted octanol–water partition coefficient (Wildman–Crippen LogP) is 3.12. The molecular weight excluding hydrogens is 272 g/mol. The zero-order chi connectivity index (χ0) is 13.0. The van der Waals surface area contributed by atoms with E-state index < -0.39 is 5.97 Å². The van der Waals surface area contributed by atoms with Crippen molar-refractivity contribution in [1.82, 2.24) is 9.97 Å². The van der Waals surface area contributed by atoms with Crippen molar-refractivity contribution in [2.75, 3.05) is 0 Å². The molecule has 0 spiro atoms. The van der Waals surface area contributed by atoms with E-state index in [-0.39, 0.29) is 5.56 Å². The van der Waals surface area contributed by atoms with Crippen LogP contribution >= 0.6 is 23.4 Å². The summed E-state index contributed by atoms with van der Waals surface area (Å²) in [6, 6.07) is 6.93. The third-order valence-corrected chi connectivity index (χ3v) is 3.53. The van der Waals surface area contributed by atoms with Crippen molar-refractivity contribution < 1.29 is 9.90 Å². The first kappa shape index (κ1) is 12.9. The maximum absolute atomic E-state index is 10.7. The maximum Gasteiger partial charge on any atom is 0.337 e. The summed E-state index contributed by atoms with van der Waals surface area (Å²) < 4.78 is 0. The Kier molecular flexibility index (Phi) is 4.17. The van der Waals surface area contributed by atoms with Crippen LogP contribution in [0.5, 0.6) is 0 Å². The average molecular weight is 281 g/mol. The molecule has 2 aromatic heterocycles. The van der Waals surface area contributed by atoms with E-state index in [0.717, 1.165) is 10.6 Å². The number of nitrogens with zero attached hydrogens (tertiary/aromatic N) is 2. The maximum atomic E-state index is 10.7. The van der Waals surface area contributed by atoms with Crippen molar-refractivity contribution in [2.24, 2.45) is 0 Å². The van der Waals surface area contributed by atoms with Crippen LogP contribution in [0.25, 0.3) is 0 Å². The van der Waals surface area contributed by atoms with E-state index in [1.807, 2.05) is 12.1 Å². The minimum Gasteiger partial charge on any atom is -0.478 e. The summed E-state index contributed by atoms with van der Waals surface area (Å²) in [6.07, 6.45) is 2.98. The SMILES string of the molecule is O=C(O)c1ccc(SCc2cccnc2Cl)nc1. The second-order valence-electron chi connectivity index (χ2n) is 3.43. The summed E-state index contributed by atoms with van der Waals surface area (Å²) in [5.74, 6) is -0.333. The van der Waals surface area contributed by atoms with Gasteiger partial charge in [0.15, 0.2) is 0 Å². The Labute approximate surface area is 113 Å². The Bertz CT molecular complexity index is 560. The molecule has 0 aliphatic rings. The molecule has 1 N–H and O–H groups in total. The number of hydrogen-bond acceptors (Lipinski definition) is 4. The molecule has 6 heteroatoms. The first-order chi connectivity index (χ1) is 8.66. The molecule has 0 fully saturated rings. The number of carboxylic acids is 1. The van der Waals surface area contributed by atoms with Crippen LogP contribution in [-0.2, 0) is 5.75 Å². The Hall–Kier alpha value is -1.59. The fourth-order valence-corrected chi connectivity index (χ4v) is 2.36. The van der Waals surface area contributed by atoms with Gasteiger partial charge in [-0.1, -0.05) is 17.7 Å². The molecule has 0 atom stereocenters. The molecule has 0 bridgehead atoms. The van der Waals surface area contributed by atoms with Gasteiger partial charge in [0, 0.05) is 18.1 Å². The van der Waals surface area contributed by atoms with E-state index in [1.54, 1.807) is 12.3 Å². The van der Waals surface area contributed by atoms with E-state index >= 15 is 0 Å². The topological polar surface area (TPSA) is 63.1 Å². The Morgan fingerprint density at radius 3 is 2.78 bits per heavy atom. The second kappa shape index (κ2) is 5.84. The summed E-state index contributed by atoms with van der Waals surface area (Å²) in [4.78, 5) is 18.7. The van der Waals surface area contributed by atoms with Crippen molar-refractivity contribution >= 4 is 29.3 Å². The van der Waals surface area contributed by atoms with Gasteiger partial charge in [-0.2, -0.15) is 0 Å². The largest absolute Gasteiger partial charge is 0.478 e. The van der Waals surface area contributed by atoms with E-state index in [4.69, 9.17) is 16.7 Å². The summed E-state index contributed by atoms with van der Waals surface area (Å²) in [5.41, 5.74) is 1.10. The van der Waals surface area contributed by atoms with Crippen molar-refractivity contribution in [3.8, 4) is 0 Å². The van der Waals surface area contributed by atoms with Crippen LogP contribution in [0.3, 0.4) is 0 Å². The van der Waals surface area contributed by atoms with Gasteiger partial charge >= 0.3 is 5.97 Å². The molecule has 2 heterocycles. The van der Waals surface area contributed by atoms with Crippen LogP contribution in [0.15, 0.2) is 41.7 Å². The molecule has 2 rings (SSSR count). The first-order valence-corrected chi connectivity index (χ1v) is 6.44. The second-order valence-corrected chi connectivity index (χ2v) is 4.79. The lowest BCUT2D eigenvalue weighted by molar-refractivity contribution is 0.0696. The molecule has 0 saturated heterocycles. The molecule has 4 nitrogen and oxygen atoms in total. The number of hydrogen-bond donors (Lipinski definition) is 1. The summed E-state index contributed by atoms with van der Waals surface area (Å²) in [5, 5.41) is 9.98. The van der Waals surface area contributed by atoms with Gasteiger partial charge in [-0.25, -0.2) is 14.8 Å². The van der Waals surface area contributed by atoms with Crippen molar-refractivity contribution in [3.63, 3.8) is 0 Å². The van der Waals surface area contributed by atoms with Gasteiger partial charge in [0.2, 0.25) is 0 Å². The highest BCUT2D eigenvalue weighted by Gasteiger charge is 2.05. The number of aromatic carboxylic acids is 1. The lowest BCUT2D eigenvalue weighted by Gasteiger charge is -2.03. The standard InChI is InChI=1S/C12H9ClN2O2S/c13-11-9(2-1-5-14-11)7-18-10-4-3-8(6-15-10)12(16)17/h1-6H,7H2,(H,16,17). The highest BCUT2D eigenvalue weighted by atomic mass is 35.5. The van der Waals surface area contributed by atoms with E-state index in [1.165, 1.54) is 24.0 Å². The third-order valence-electron chi connectivity index (χ3n) is 2.20. The van der Waals surface area contributed by atoms with Crippen molar-refractivity contribution in [2.45, 2.75) is 10.8 Å². The van der Waals surface area contributed by atoms with E-state index in [9.17, 15) is 4.79 Å². The molecule has 0 amide bonds. The van der Waals surface area contributed by atoms with Gasteiger partial charge < -0.3 is 5.11 Å². The molecule has 0 aromatic carbocycles. The number of carboxylic acid groups (broad SMARTS) is 1. The molecular formula is C12H9ClN2O2S. The molecule has 2 aromatic rings. The molecule has 18 heavy (non-hydrogen) atoms. The summed E-state index contributed by atoms with van der Waals surface area (Å²) in [7, 11) is 0. The highest BCUT2D eigenvalue weighted by molar-refractivity contribution is 7.98. The Balaban J connectivity index is 2.02. The van der Waals surface area contributed by atoms with Crippen LogP contribution < -0.4 is 0 Å². The van der Waals surface area contributed by atoms with Gasteiger partial charge in [0.05, 0.1) is 10.6 Å². The number of halogens is 1. The fraction of sp³-hybridized carbons (Fsp3) is 0.0833. The lowest BCUT2D eigenvalue weighted by atomic mass is 10.3. The minimum atomic E-state index is -0.977. The predicted molar refractivity (Wildman–Crippen MR) is 70.0 cm³/mol. The molecule has 0 unspecified atom stereocenters. The Morgan fingerprint density at radius 1 is 1.33 bits per heavy atom. The van der Waals surface area contributed by atoms with Crippen LogP contribution in [0.4, 0.5) is 0 Å². The zero-order valence-electron chi connectivity index (χ0n) is 9.21.